The first-order valence-electron chi connectivity index (χ1n) is 9.57. The second-order valence-corrected chi connectivity index (χ2v) is 9.98. The number of aryl methyl sites for hydroxylation is 1. The van der Waals surface area contributed by atoms with Crippen LogP contribution in [-0.4, -0.2) is 42.7 Å². The number of hydrogen-bond acceptors (Lipinski definition) is 4. The molecular weight excluding hydrogens is 461 g/mol. The average molecular weight is 480 g/mol. The van der Waals surface area contributed by atoms with E-state index in [4.69, 9.17) is 23.2 Å². The van der Waals surface area contributed by atoms with Gasteiger partial charge in [0.2, 0.25) is 0 Å². The minimum Gasteiger partial charge on any atom is -0.350 e. The molecule has 0 saturated carbocycles. The number of ketones is 1. The first kappa shape index (κ1) is 21.7. The van der Waals surface area contributed by atoms with Crippen LogP contribution in [0.15, 0.2) is 47.5 Å². The van der Waals surface area contributed by atoms with Gasteiger partial charge < -0.3 is 9.47 Å². The molecule has 0 bridgehead atoms. The van der Waals surface area contributed by atoms with E-state index in [1.165, 1.54) is 18.2 Å². The van der Waals surface area contributed by atoms with Gasteiger partial charge in [0.25, 0.3) is 21.7 Å². The number of rotatable bonds is 5. The maximum Gasteiger partial charge on any atom is 0.295 e. The normalized spacial score (nSPS) is 14.2. The number of likely N-dealkylation sites (tertiary alicyclic amines) is 1. The van der Waals surface area contributed by atoms with E-state index in [1.54, 1.807) is 40.9 Å². The summed E-state index contributed by atoms with van der Waals surface area (Å²) in [6.07, 6.45) is 3.39. The molecule has 1 amide bonds. The van der Waals surface area contributed by atoms with Crippen LogP contribution in [0.5, 0.6) is 0 Å². The highest BCUT2D eigenvalue weighted by molar-refractivity contribution is 7.92. The Morgan fingerprint density at radius 2 is 1.65 bits per heavy atom. The number of aromatic nitrogens is 1. The van der Waals surface area contributed by atoms with Crippen molar-refractivity contribution >= 4 is 61.5 Å². The van der Waals surface area contributed by atoms with Crippen LogP contribution >= 0.6 is 23.2 Å². The molecule has 31 heavy (non-hydrogen) atoms. The van der Waals surface area contributed by atoms with Gasteiger partial charge >= 0.3 is 0 Å². The second kappa shape index (κ2) is 8.18. The number of sulfonamides is 1. The number of anilines is 1. The summed E-state index contributed by atoms with van der Waals surface area (Å²) in [4.78, 5) is 26.8. The molecule has 1 aromatic heterocycles. The predicted octanol–water partition coefficient (Wildman–Crippen LogP) is 4.09. The number of nitrogens with one attached hydrogen (secondary N) is 1. The molecule has 7 nitrogen and oxygen atoms in total. The van der Waals surface area contributed by atoms with E-state index in [9.17, 15) is 18.0 Å². The highest BCUT2D eigenvalue weighted by atomic mass is 35.5. The van der Waals surface area contributed by atoms with Gasteiger partial charge in [0.1, 0.15) is 0 Å². The van der Waals surface area contributed by atoms with Gasteiger partial charge in [-0.15, -0.1) is 0 Å². The Hall–Kier alpha value is -2.55. The fourth-order valence-electron chi connectivity index (χ4n) is 3.71. The lowest BCUT2D eigenvalue weighted by Gasteiger charge is -2.13. The largest absolute Gasteiger partial charge is 0.350 e. The van der Waals surface area contributed by atoms with Gasteiger partial charge in [0.15, 0.2) is 0 Å². The van der Waals surface area contributed by atoms with Gasteiger partial charge in [-0.1, -0.05) is 23.2 Å². The molecule has 0 aliphatic carbocycles. The van der Waals surface area contributed by atoms with Crippen LogP contribution in [0.25, 0.3) is 10.9 Å². The maximum atomic E-state index is 12.8. The number of hydrogen-bond donors (Lipinski definition) is 1. The SMILES string of the molecule is Cn1cc(C(=O)C(=O)N2CCCC2)c2ccc(NS(=O)(=O)c3cc(Cl)cc(Cl)c3)cc21. The number of carbonyl (C=O) groups excluding carboxylic acids is 2. The smallest absolute Gasteiger partial charge is 0.295 e. The number of nitrogens with zero attached hydrogens (tertiary/aromatic N) is 2. The Labute approximate surface area is 189 Å². The van der Waals surface area contributed by atoms with Crippen molar-refractivity contribution in [3.8, 4) is 0 Å². The molecule has 3 aromatic rings. The van der Waals surface area contributed by atoms with E-state index in [-0.39, 0.29) is 14.9 Å². The third-order valence-corrected chi connectivity index (χ3v) is 7.02. The molecule has 10 heteroatoms. The van der Waals surface area contributed by atoms with Crippen molar-refractivity contribution < 1.29 is 18.0 Å². The van der Waals surface area contributed by atoms with E-state index >= 15 is 0 Å². The van der Waals surface area contributed by atoms with Crippen LogP contribution in [0.2, 0.25) is 10.0 Å². The van der Waals surface area contributed by atoms with Crippen LogP contribution in [0.4, 0.5) is 5.69 Å². The zero-order valence-electron chi connectivity index (χ0n) is 16.6. The summed E-state index contributed by atoms with van der Waals surface area (Å²) in [5.74, 6) is -1.07. The minimum atomic E-state index is -3.93. The van der Waals surface area contributed by atoms with Crippen molar-refractivity contribution in [3.63, 3.8) is 0 Å². The molecule has 4 rings (SSSR count). The summed E-state index contributed by atoms with van der Waals surface area (Å²) in [7, 11) is -2.20. The highest BCUT2D eigenvalue weighted by Gasteiger charge is 2.28. The maximum absolute atomic E-state index is 12.8. The van der Waals surface area contributed by atoms with Crippen molar-refractivity contribution in [1.82, 2.24) is 9.47 Å². The lowest BCUT2D eigenvalue weighted by molar-refractivity contribution is -0.125. The molecule has 0 atom stereocenters. The topological polar surface area (TPSA) is 88.5 Å². The van der Waals surface area contributed by atoms with Crippen LogP contribution in [-0.2, 0) is 21.9 Å². The monoisotopic (exact) mass is 479 g/mol. The summed E-state index contributed by atoms with van der Waals surface area (Å²) in [6.45, 7) is 1.18. The third-order valence-electron chi connectivity index (χ3n) is 5.22. The number of amides is 1. The summed E-state index contributed by atoms with van der Waals surface area (Å²) in [5.41, 5.74) is 1.21. The van der Waals surface area contributed by atoms with Gasteiger partial charge in [0.05, 0.1) is 21.7 Å². The zero-order valence-corrected chi connectivity index (χ0v) is 18.9. The lowest BCUT2D eigenvalue weighted by atomic mass is 10.1. The molecule has 1 aliphatic heterocycles. The molecule has 0 spiro atoms. The Bertz CT molecular complexity index is 1290. The Morgan fingerprint density at radius 3 is 2.29 bits per heavy atom. The van der Waals surface area contributed by atoms with E-state index in [0.29, 0.717) is 35.2 Å². The van der Waals surface area contributed by atoms with Gasteiger partial charge in [-0.2, -0.15) is 0 Å². The number of carbonyl (C=O) groups is 2. The number of halogens is 2. The van der Waals surface area contributed by atoms with Crippen molar-refractivity contribution in [1.29, 1.82) is 0 Å². The van der Waals surface area contributed by atoms with E-state index < -0.39 is 21.7 Å². The summed E-state index contributed by atoms with van der Waals surface area (Å²) in [5, 5.41) is 0.988. The molecule has 2 heterocycles. The molecular formula is C21H19Cl2N3O4S. The van der Waals surface area contributed by atoms with Gasteiger partial charge in [-0.25, -0.2) is 8.42 Å². The first-order valence-corrected chi connectivity index (χ1v) is 11.8. The average Bonchev–Trinajstić information content (AvgIpc) is 3.34. The minimum absolute atomic E-state index is 0.0657. The molecule has 1 N–H and O–H groups in total. The van der Waals surface area contributed by atoms with Gasteiger partial charge in [0, 0.05) is 41.8 Å². The van der Waals surface area contributed by atoms with Crippen molar-refractivity contribution in [2.24, 2.45) is 7.05 Å². The molecule has 2 aromatic carbocycles. The molecule has 1 saturated heterocycles. The predicted molar refractivity (Wildman–Crippen MR) is 120 cm³/mol. The lowest BCUT2D eigenvalue weighted by Crippen LogP contribution is -2.34. The summed E-state index contributed by atoms with van der Waals surface area (Å²) in [6, 6.07) is 8.83. The molecule has 0 radical (unpaired) electrons. The van der Waals surface area contributed by atoms with Crippen LogP contribution in [0.1, 0.15) is 23.2 Å². The highest BCUT2D eigenvalue weighted by Crippen LogP contribution is 2.28. The fourth-order valence-corrected chi connectivity index (χ4v) is 5.48. The van der Waals surface area contributed by atoms with Gasteiger partial charge in [-0.05, 0) is 49.2 Å². The zero-order chi connectivity index (χ0) is 22.3. The van der Waals surface area contributed by atoms with Gasteiger partial charge in [-0.3, -0.25) is 14.3 Å². The summed E-state index contributed by atoms with van der Waals surface area (Å²) >= 11 is 11.8. The third kappa shape index (κ3) is 4.28. The Balaban J connectivity index is 1.65. The molecule has 162 valence electrons. The van der Waals surface area contributed by atoms with E-state index in [0.717, 1.165) is 12.8 Å². The number of Topliss-reactive ketones (excluding diaryl/α,β-unsaturated/α-hetero) is 1. The van der Waals surface area contributed by atoms with Crippen molar-refractivity contribution in [2.45, 2.75) is 17.7 Å². The first-order chi connectivity index (χ1) is 14.7. The van der Waals surface area contributed by atoms with Crippen LogP contribution in [0.3, 0.4) is 0 Å². The van der Waals surface area contributed by atoms with Crippen molar-refractivity contribution in [3.05, 3.63) is 58.2 Å². The standard InChI is InChI=1S/C21H19Cl2N3O4S/c1-25-12-18(20(27)21(28)26-6-2-3-7-26)17-5-4-15(11-19(17)25)24-31(29,30)16-9-13(22)8-14(23)10-16/h4-5,8-12,24H,2-3,6-7H2,1H3. The van der Waals surface area contributed by atoms with Crippen molar-refractivity contribution in [2.75, 3.05) is 17.8 Å². The molecule has 0 unspecified atom stereocenters. The van der Waals surface area contributed by atoms with Crippen LogP contribution < -0.4 is 4.72 Å². The Morgan fingerprint density at radius 1 is 1.00 bits per heavy atom. The quantitative estimate of drug-likeness (QED) is 0.440. The van der Waals surface area contributed by atoms with E-state index in [1.807, 2.05) is 0 Å². The number of benzene rings is 2. The van der Waals surface area contributed by atoms with Crippen LogP contribution in [0, 0.1) is 0 Å². The Kier molecular flexibility index (Phi) is 5.72. The molecule has 1 fully saturated rings. The number of fused-ring (bicyclic) bond motifs is 1. The molecule has 1 aliphatic rings. The fraction of sp³-hybridized carbons (Fsp3) is 0.238. The second-order valence-electron chi connectivity index (χ2n) is 7.42. The van der Waals surface area contributed by atoms with E-state index in [2.05, 4.69) is 4.72 Å². The summed E-state index contributed by atoms with van der Waals surface area (Å²) < 4.78 is 29.7.